The summed E-state index contributed by atoms with van der Waals surface area (Å²) in [4.78, 5) is 3.77. The van der Waals surface area contributed by atoms with E-state index in [4.69, 9.17) is 17.8 Å². The second-order valence-electron chi connectivity index (χ2n) is 2.07. The molecule has 1 aliphatic heterocycles. The van der Waals surface area contributed by atoms with Gasteiger partial charge in [-0.05, 0) is 34.6 Å². The third-order valence-electron chi connectivity index (χ3n) is 1.20. The van der Waals surface area contributed by atoms with Crippen LogP contribution in [0, 0.1) is 5.89 Å². The van der Waals surface area contributed by atoms with Crippen molar-refractivity contribution in [1.82, 2.24) is 4.98 Å². The molecule has 1 saturated heterocycles. The Kier molecular flexibility index (Phi) is 0.771. The number of rotatable bonds is 1. The topological polar surface area (TPSA) is 16.1 Å². The number of hydrogen-bond acceptors (Lipinski definition) is 3. The maximum Gasteiger partial charge on any atom is 0.186 e. The molecule has 2 heterocycles. The number of halogens is 1. The van der Waals surface area contributed by atoms with Crippen LogP contribution in [0.2, 0.25) is 0 Å². The lowest BCUT2D eigenvalue weighted by Gasteiger charge is -2.29. The van der Waals surface area contributed by atoms with Crippen LogP contribution in [0.25, 0.3) is 0 Å². The fraction of sp³-hybridized carbons (Fsp3) is 0.667. The average Bonchev–Trinajstić information content (AvgIpc) is 2.73. The van der Waals surface area contributed by atoms with Crippen molar-refractivity contribution in [1.29, 1.82) is 0 Å². The van der Waals surface area contributed by atoms with Crippen LogP contribution in [0.1, 0.15) is 37.4 Å². The SMILES string of the molecule is [2H]c1sc(N2C([2H])([2H])C([2H])([2H])C([2H])(C([2H])([2H])[2H])C([2H])([2H])C2([2H])[2H])nc1Br. The zero-order valence-corrected chi connectivity index (χ0v) is 8.58. The van der Waals surface area contributed by atoms with Crippen LogP contribution >= 0.6 is 27.3 Å². The quantitative estimate of drug-likeness (QED) is 0.782. The van der Waals surface area contributed by atoms with Crippen molar-refractivity contribution >= 4 is 32.4 Å². The van der Waals surface area contributed by atoms with Gasteiger partial charge in [0.15, 0.2) is 5.13 Å². The molecule has 1 aromatic rings. The Hall–Kier alpha value is -0.0900. The number of piperidine rings is 1. The van der Waals surface area contributed by atoms with Gasteiger partial charge in [0.2, 0.25) is 0 Å². The zero-order valence-electron chi connectivity index (χ0n) is 19.2. The maximum atomic E-state index is 8.11. The Morgan fingerprint density at radius 3 is 3.23 bits per heavy atom. The van der Waals surface area contributed by atoms with E-state index in [1.165, 1.54) is 0 Å². The highest BCUT2D eigenvalue weighted by atomic mass is 79.9. The van der Waals surface area contributed by atoms with Crippen LogP contribution in [-0.2, 0) is 0 Å². The summed E-state index contributed by atoms with van der Waals surface area (Å²) in [5.74, 6) is -3.77. The zero-order chi connectivity index (χ0) is 20.7. The molecule has 72 valence electrons. The Morgan fingerprint density at radius 1 is 1.92 bits per heavy atom. The first kappa shape index (κ1) is 2.53. The third kappa shape index (κ3) is 2.23. The Morgan fingerprint density at radius 2 is 2.69 bits per heavy atom. The van der Waals surface area contributed by atoms with Gasteiger partial charge < -0.3 is 4.90 Å². The van der Waals surface area contributed by atoms with Gasteiger partial charge in [0.1, 0.15) is 4.60 Å². The van der Waals surface area contributed by atoms with Crippen LogP contribution < -0.4 is 4.90 Å². The molecule has 0 aliphatic carbocycles. The van der Waals surface area contributed by atoms with Crippen molar-refractivity contribution in [3.05, 3.63) is 9.96 Å². The summed E-state index contributed by atoms with van der Waals surface area (Å²) in [6.45, 7) is -10.6. The molecule has 1 aliphatic rings. The summed E-state index contributed by atoms with van der Waals surface area (Å²) >= 11 is 3.35. The van der Waals surface area contributed by atoms with Gasteiger partial charge in [0.25, 0.3) is 0 Å². The predicted molar refractivity (Wildman–Crippen MR) is 60.4 cm³/mol. The Bertz CT molecular complexity index is 678. The second kappa shape index (κ2) is 3.96. The molecule has 1 aromatic heterocycles. The molecule has 4 heteroatoms. The Balaban J connectivity index is 2.89. The monoisotopic (exact) mass is 273 g/mol. The standard InChI is InChI=1S/C9H13BrN2S/c1-7-2-4-12(5-3-7)9-11-8(10)6-13-9/h6-7H,2-5H2,1H3/i1D3,2D2,3D2,4D2,5D2,6D,7D. The lowest BCUT2D eigenvalue weighted by molar-refractivity contribution is 0.438. The van der Waals surface area contributed by atoms with Gasteiger partial charge in [-0.25, -0.2) is 4.98 Å². The molecule has 0 saturated carbocycles. The third-order valence-corrected chi connectivity index (χ3v) is 2.59. The van der Waals surface area contributed by atoms with Crippen molar-refractivity contribution in [3.8, 4) is 0 Å². The first-order chi connectivity index (χ1) is 11.3. The molecular weight excluding hydrogens is 248 g/mol. The molecule has 0 unspecified atom stereocenters. The number of hydrogen-bond donors (Lipinski definition) is 0. The van der Waals surface area contributed by atoms with Crippen molar-refractivity contribution < 1.29 is 17.8 Å². The van der Waals surface area contributed by atoms with E-state index in [0.717, 1.165) is 0 Å². The van der Waals surface area contributed by atoms with Crippen LogP contribution in [-0.4, -0.2) is 18.0 Å². The van der Waals surface area contributed by atoms with E-state index in [-0.39, 0.29) is 14.9 Å². The van der Waals surface area contributed by atoms with E-state index in [0.29, 0.717) is 11.3 Å². The second-order valence-corrected chi connectivity index (χ2v) is 3.60. The van der Waals surface area contributed by atoms with Gasteiger partial charge in [-0.15, -0.1) is 11.3 Å². The summed E-state index contributed by atoms with van der Waals surface area (Å²) in [5.41, 5.74) is 0. The molecular formula is C9H13BrN2S. The van der Waals surface area contributed by atoms with E-state index in [9.17, 15) is 0 Å². The molecule has 0 bridgehead atoms. The van der Waals surface area contributed by atoms with Gasteiger partial charge in [-0.2, -0.15) is 0 Å². The molecule has 0 amide bonds. The van der Waals surface area contributed by atoms with Gasteiger partial charge >= 0.3 is 0 Å². The van der Waals surface area contributed by atoms with E-state index in [1.807, 2.05) is 0 Å². The predicted octanol–water partition coefficient (Wildman–Crippen LogP) is 3.14. The highest BCUT2D eigenvalue weighted by molar-refractivity contribution is 9.10. The minimum absolute atomic E-state index is 0.0476. The van der Waals surface area contributed by atoms with Crippen molar-refractivity contribution in [2.75, 3.05) is 17.9 Å². The van der Waals surface area contributed by atoms with Crippen LogP contribution in [0.3, 0.4) is 0 Å². The molecule has 0 N–H and O–H groups in total. The molecule has 0 radical (unpaired) electrons. The molecule has 0 atom stereocenters. The molecule has 13 heavy (non-hydrogen) atoms. The highest BCUT2D eigenvalue weighted by Gasteiger charge is 2.17. The van der Waals surface area contributed by atoms with Gasteiger partial charge in [-0.1, -0.05) is 6.85 Å². The molecule has 2 rings (SSSR count). The maximum absolute atomic E-state index is 8.11. The van der Waals surface area contributed by atoms with Gasteiger partial charge in [0, 0.05) is 34.8 Å². The summed E-state index contributed by atoms with van der Waals surface area (Å²) in [5, 5.41) is -0.802. The summed E-state index contributed by atoms with van der Waals surface area (Å²) in [6.07, 6.45) is -7.36. The normalized spacial score (nSPS) is 53.0. The van der Waals surface area contributed by atoms with Gasteiger partial charge in [-0.3, -0.25) is 0 Å². The largest absolute Gasteiger partial charge is 0.348 e. The fourth-order valence-corrected chi connectivity index (χ4v) is 1.76. The van der Waals surface area contributed by atoms with E-state index >= 15 is 0 Å². The lowest BCUT2D eigenvalue weighted by atomic mass is 10.00. The highest BCUT2D eigenvalue weighted by Crippen LogP contribution is 2.27. The van der Waals surface area contributed by atoms with E-state index in [2.05, 4.69) is 20.9 Å². The minimum atomic E-state index is -3.77. The van der Waals surface area contributed by atoms with Crippen molar-refractivity contribution in [3.63, 3.8) is 0 Å². The first-order valence-electron chi connectivity index (χ1n) is 9.72. The lowest BCUT2D eigenvalue weighted by Crippen LogP contribution is -2.32. The molecule has 0 aromatic carbocycles. The number of thiazole rings is 1. The molecule has 0 spiro atoms. The van der Waals surface area contributed by atoms with Gasteiger partial charge in [0.05, 0.1) is 1.37 Å². The van der Waals surface area contributed by atoms with Crippen LogP contribution in [0.15, 0.2) is 9.96 Å². The van der Waals surface area contributed by atoms with Crippen molar-refractivity contribution in [2.24, 2.45) is 5.89 Å². The summed E-state index contributed by atoms with van der Waals surface area (Å²) in [7, 11) is 0. The summed E-state index contributed by atoms with van der Waals surface area (Å²) in [6, 6.07) is 0. The minimum Gasteiger partial charge on any atom is -0.348 e. The van der Waals surface area contributed by atoms with Crippen LogP contribution in [0.4, 0.5) is 5.13 Å². The number of aromatic nitrogens is 1. The molecule has 2 nitrogen and oxygen atoms in total. The number of anilines is 1. The Labute approximate surface area is 109 Å². The van der Waals surface area contributed by atoms with E-state index in [1.54, 1.807) is 0 Å². The van der Waals surface area contributed by atoms with Crippen molar-refractivity contribution in [2.45, 2.75) is 19.6 Å². The number of nitrogens with zero attached hydrogens (tertiary/aromatic N) is 2. The van der Waals surface area contributed by atoms with Crippen LogP contribution in [0.5, 0.6) is 0 Å². The fourth-order valence-electron chi connectivity index (χ4n) is 0.691. The first-order valence-corrected chi connectivity index (χ1v) is 4.82. The average molecular weight is 274 g/mol. The summed E-state index contributed by atoms with van der Waals surface area (Å²) < 4.78 is 103. The van der Waals surface area contributed by atoms with E-state index < -0.39 is 43.6 Å². The smallest absolute Gasteiger partial charge is 0.186 e. The molecule has 1 fully saturated rings.